The number of hydrogen-bond acceptors (Lipinski definition) is 3. The zero-order chi connectivity index (χ0) is 12.6. The second-order valence-electron chi connectivity index (χ2n) is 3.70. The van der Waals surface area contributed by atoms with Crippen LogP contribution in [-0.2, 0) is 14.4 Å². The molecule has 5 nitrogen and oxygen atoms in total. The van der Waals surface area contributed by atoms with Crippen molar-refractivity contribution in [1.82, 2.24) is 5.32 Å². The van der Waals surface area contributed by atoms with Gasteiger partial charge in [-0.15, -0.1) is 0 Å². The van der Waals surface area contributed by atoms with Crippen LogP contribution in [0, 0.1) is 5.92 Å². The van der Waals surface area contributed by atoms with E-state index in [4.69, 9.17) is 5.11 Å². The summed E-state index contributed by atoms with van der Waals surface area (Å²) in [5, 5.41) is 10.0. The van der Waals surface area contributed by atoms with Crippen LogP contribution in [0.4, 0.5) is 0 Å². The summed E-state index contributed by atoms with van der Waals surface area (Å²) in [4.78, 5) is 31.0. The molecule has 0 saturated carbocycles. The van der Waals surface area contributed by atoms with Gasteiger partial charge in [0.15, 0.2) is 0 Å². The van der Waals surface area contributed by atoms with Crippen molar-refractivity contribution in [1.29, 1.82) is 0 Å². The second-order valence-corrected chi connectivity index (χ2v) is 3.70. The van der Waals surface area contributed by atoms with Crippen molar-refractivity contribution >= 4 is 17.8 Å². The molecule has 0 radical (unpaired) electrons. The first-order valence-corrected chi connectivity index (χ1v) is 5.56. The molecule has 0 aromatic rings. The van der Waals surface area contributed by atoms with Gasteiger partial charge in [-0.25, -0.2) is 0 Å². The molecule has 1 atom stereocenters. The Labute approximate surface area is 95.2 Å². The molecule has 0 bridgehead atoms. The lowest BCUT2D eigenvalue weighted by Crippen LogP contribution is -2.21. The average Bonchev–Trinajstić information content (AvgIpc) is 2.55. The monoisotopic (exact) mass is 229 g/mol. The summed E-state index contributed by atoms with van der Waals surface area (Å²) in [6.07, 6.45) is 3.59. The van der Waals surface area contributed by atoms with Crippen LogP contribution in [0.25, 0.3) is 0 Å². The van der Waals surface area contributed by atoms with E-state index in [0.29, 0.717) is 6.42 Å². The number of carboxylic acid groups (broad SMARTS) is 1. The van der Waals surface area contributed by atoms with Gasteiger partial charge in [-0.1, -0.05) is 26.7 Å². The number of carboxylic acids is 1. The fourth-order valence-electron chi connectivity index (χ4n) is 1.29. The van der Waals surface area contributed by atoms with Crippen LogP contribution in [0.15, 0.2) is 0 Å². The van der Waals surface area contributed by atoms with E-state index in [9.17, 15) is 14.4 Å². The summed E-state index contributed by atoms with van der Waals surface area (Å²) < 4.78 is 0. The van der Waals surface area contributed by atoms with Crippen molar-refractivity contribution in [2.45, 2.75) is 46.0 Å². The van der Waals surface area contributed by atoms with Crippen LogP contribution >= 0.6 is 0 Å². The Morgan fingerprint density at radius 1 is 1.44 bits per heavy atom. The number of aliphatic carboxylic acids is 1. The van der Waals surface area contributed by atoms with Crippen molar-refractivity contribution in [3.8, 4) is 0 Å². The molecule has 1 aliphatic heterocycles. The summed E-state index contributed by atoms with van der Waals surface area (Å²) in [5.41, 5.74) is 0. The highest BCUT2D eigenvalue weighted by Crippen LogP contribution is 2.17. The maximum Gasteiger partial charge on any atom is 0.303 e. The fraction of sp³-hybridized carbons (Fsp3) is 0.727. The Kier molecular flexibility index (Phi) is 7.16. The molecular formula is C11H19NO4. The lowest BCUT2D eigenvalue weighted by Gasteiger charge is -2.01. The molecule has 16 heavy (non-hydrogen) atoms. The summed E-state index contributed by atoms with van der Waals surface area (Å²) in [6.45, 7) is 3.68. The zero-order valence-corrected chi connectivity index (χ0v) is 9.78. The van der Waals surface area contributed by atoms with E-state index in [1.165, 1.54) is 0 Å². The molecule has 0 aromatic heterocycles. The number of carbonyl (C=O) groups is 3. The molecule has 1 fully saturated rings. The van der Waals surface area contributed by atoms with E-state index in [2.05, 4.69) is 12.2 Å². The van der Waals surface area contributed by atoms with Crippen LogP contribution < -0.4 is 5.32 Å². The van der Waals surface area contributed by atoms with Crippen LogP contribution in [0.2, 0.25) is 0 Å². The van der Waals surface area contributed by atoms with Gasteiger partial charge in [-0.05, 0) is 6.42 Å². The van der Waals surface area contributed by atoms with E-state index in [1.807, 2.05) is 0 Å². The van der Waals surface area contributed by atoms with Gasteiger partial charge >= 0.3 is 5.97 Å². The molecule has 0 aliphatic carbocycles. The summed E-state index contributed by atoms with van der Waals surface area (Å²) in [5.74, 6) is -0.980. The molecule has 1 heterocycles. The topological polar surface area (TPSA) is 83.5 Å². The first-order valence-electron chi connectivity index (χ1n) is 5.56. The summed E-state index contributed by atoms with van der Waals surface area (Å²) in [6, 6.07) is 0. The Hall–Kier alpha value is -1.39. The highest BCUT2D eigenvalue weighted by atomic mass is 16.4. The van der Waals surface area contributed by atoms with Crippen LogP contribution in [0.5, 0.6) is 0 Å². The highest BCUT2D eigenvalue weighted by Gasteiger charge is 2.29. The Balaban J connectivity index is 0.000000385. The van der Waals surface area contributed by atoms with E-state index in [0.717, 1.165) is 19.3 Å². The zero-order valence-electron chi connectivity index (χ0n) is 9.78. The largest absolute Gasteiger partial charge is 0.481 e. The SMILES string of the molecule is CCC(=O)O.CCCCC1CC(=O)NC1=O. The molecular weight excluding hydrogens is 210 g/mol. The summed E-state index contributed by atoms with van der Waals surface area (Å²) in [7, 11) is 0. The smallest absolute Gasteiger partial charge is 0.303 e. The molecule has 1 aliphatic rings. The normalized spacial score (nSPS) is 18.8. The number of nitrogens with one attached hydrogen (secondary N) is 1. The van der Waals surface area contributed by atoms with Gasteiger partial charge in [0.2, 0.25) is 11.8 Å². The third-order valence-corrected chi connectivity index (χ3v) is 2.27. The predicted octanol–water partition coefficient (Wildman–Crippen LogP) is 1.32. The molecule has 92 valence electrons. The van der Waals surface area contributed by atoms with Gasteiger partial charge in [0.05, 0.1) is 0 Å². The number of hydrogen-bond donors (Lipinski definition) is 2. The third kappa shape index (κ3) is 6.16. The Morgan fingerprint density at radius 3 is 2.31 bits per heavy atom. The van der Waals surface area contributed by atoms with E-state index in [-0.39, 0.29) is 24.2 Å². The number of carbonyl (C=O) groups excluding carboxylic acids is 2. The third-order valence-electron chi connectivity index (χ3n) is 2.27. The molecule has 0 spiro atoms. The molecule has 1 unspecified atom stereocenters. The van der Waals surface area contributed by atoms with Crippen molar-refractivity contribution in [2.24, 2.45) is 5.92 Å². The first kappa shape index (κ1) is 14.6. The highest BCUT2D eigenvalue weighted by molar-refractivity contribution is 6.03. The van der Waals surface area contributed by atoms with Gasteiger partial charge in [-0.2, -0.15) is 0 Å². The number of unbranched alkanes of at least 4 members (excludes halogenated alkanes) is 1. The van der Waals surface area contributed by atoms with Crippen LogP contribution in [0.1, 0.15) is 46.0 Å². The van der Waals surface area contributed by atoms with Crippen LogP contribution in [-0.4, -0.2) is 22.9 Å². The first-order chi connectivity index (χ1) is 7.51. The Bertz CT molecular complexity index is 263. The Morgan fingerprint density at radius 2 is 2.00 bits per heavy atom. The van der Waals surface area contributed by atoms with E-state index in [1.54, 1.807) is 6.92 Å². The van der Waals surface area contributed by atoms with E-state index >= 15 is 0 Å². The lowest BCUT2D eigenvalue weighted by molar-refractivity contribution is -0.136. The molecule has 2 N–H and O–H groups in total. The van der Waals surface area contributed by atoms with Gasteiger partial charge in [0, 0.05) is 18.8 Å². The standard InChI is InChI=1S/C8H13NO2.C3H6O2/c1-2-3-4-6-5-7(10)9-8(6)11;1-2-3(4)5/h6H,2-5H2,1H3,(H,9,10,11);2H2,1H3,(H,4,5). The van der Waals surface area contributed by atoms with Gasteiger partial charge in [0.1, 0.15) is 0 Å². The number of imide groups is 1. The van der Waals surface area contributed by atoms with Crippen molar-refractivity contribution in [2.75, 3.05) is 0 Å². The van der Waals surface area contributed by atoms with E-state index < -0.39 is 5.97 Å². The van der Waals surface area contributed by atoms with Crippen molar-refractivity contribution < 1.29 is 19.5 Å². The minimum absolute atomic E-state index is 0.0394. The minimum atomic E-state index is -0.745. The number of amides is 2. The maximum atomic E-state index is 11.0. The van der Waals surface area contributed by atoms with Crippen molar-refractivity contribution in [3.05, 3.63) is 0 Å². The quantitative estimate of drug-likeness (QED) is 0.712. The van der Waals surface area contributed by atoms with Gasteiger partial charge in [-0.3, -0.25) is 19.7 Å². The van der Waals surface area contributed by atoms with Gasteiger partial charge in [0.25, 0.3) is 0 Å². The minimum Gasteiger partial charge on any atom is -0.481 e. The maximum absolute atomic E-state index is 11.0. The fourth-order valence-corrected chi connectivity index (χ4v) is 1.29. The summed E-state index contributed by atoms with van der Waals surface area (Å²) >= 11 is 0. The average molecular weight is 229 g/mol. The second kappa shape index (κ2) is 7.84. The molecule has 0 aromatic carbocycles. The predicted molar refractivity (Wildman–Crippen MR) is 58.7 cm³/mol. The molecule has 1 saturated heterocycles. The molecule has 1 rings (SSSR count). The molecule has 2 amide bonds. The lowest BCUT2D eigenvalue weighted by atomic mass is 10.0. The number of rotatable bonds is 4. The van der Waals surface area contributed by atoms with Crippen LogP contribution in [0.3, 0.4) is 0 Å². The molecule has 5 heteroatoms. The van der Waals surface area contributed by atoms with Gasteiger partial charge < -0.3 is 5.11 Å². The van der Waals surface area contributed by atoms with Crippen molar-refractivity contribution in [3.63, 3.8) is 0 Å².